The number of fused-ring (bicyclic) bond motifs is 1. The van der Waals surface area contributed by atoms with Crippen molar-refractivity contribution < 1.29 is 14.3 Å². The Labute approximate surface area is 223 Å². The summed E-state index contributed by atoms with van der Waals surface area (Å²) in [4.78, 5) is 26.2. The monoisotopic (exact) mass is 559 g/mol. The summed E-state index contributed by atoms with van der Waals surface area (Å²) in [6, 6.07) is 9.32. The van der Waals surface area contributed by atoms with Gasteiger partial charge in [-0.2, -0.15) is 0 Å². The first-order valence-electron chi connectivity index (χ1n) is 10.7. The van der Waals surface area contributed by atoms with Crippen molar-refractivity contribution in [2.75, 3.05) is 11.9 Å². The summed E-state index contributed by atoms with van der Waals surface area (Å²) in [6.45, 7) is 2.03. The number of thiocarbonyl (C=S) groups is 1. The second-order valence-corrected chi connectivity index (χ2v) is 11.3. The summed E-state index contributed by atoms with van der Waals surface area (Å²) in [6.07, 6.45) is 5.63. The topological polar surface area (TPSA) is 79.5 Å². The highest BCUT2D eigenvalue weighted by Crippen LogP contribution is 2.38. The molecule has 34 heavy (non-hydrogen) atoms. The fourth-order valence-corrected chi connectivity index (χ4v) is 5.36. The van der Waals surface area contributed by atoms with Crippen molar-refractivity contribution >= 4 is 86.4 Å². The molecule has 0 fully saturated rings. The lowest BCUT2D eigenvalue weighted by Gasteiger charge is -2.27. The number of hydrogen-bond donors (Lipinski definition) is 3. The number of thiophene rings is 1. The molecule has 0 spiro atoms. The summed E-state index contributed by atoms with van der Waals surface area (Å²) in [5, 5.41) is 9.12. The zero-order valence-corrected chi connectivity index (χ0v) is 22.2. The Kier molecular flexibility index (Phi) is 9.62. The molecule has 3 N–H and O–H groups in total. The molecule has 1 aliphatic carbocycles. The van der Waals surface area contributed by atoms with Crippen LogP contribution in [0.5, 0.6) is 0 Å². The number of esters is 1. The van der Waals surface area contributed by atoms with E-state index in [-0.39, 0.29) is 11.7 Å². The van der Waals surface area contributed by atoms with Crippen LogP contribution in [0.2, 0.25) is 0 Å². The van der Waals surface area contributed by atoms with Crippen LogP contribution in [0.25, 0.3) is 6.08 Å². The van der Waals surface area contributed by atoms with E-state index < -0.39 is 21.8 Å². The van der Waals surface area contributed by atoms with Crippen molar-refractivity contribution in [2.45, 2.75) is 42.6 Å². The van der Waals surface area contributed by atoms with Gasteiger partial charge in [-0.25, -0.2) is 4.79 Å². The Balaban J connectivity index is 1.72. The number of alkyl halides is 3. The van der Waals surface area contributed by atoms with E-state index in [1.807, 2.05) is 30.3 Å². The van der Waals surface area contributed by atoms with Crippen molar-refractivity contribution in [1.82, 2.24) is 10.6 Å². The molecule has 1 atom stereocenters. The van der Waals surface area contributed by atoms with Crippen LogP contribution in [-0.4, -0.2) is 33.6 Å². The van der Waals surface area contributed by atoms with Gasteiger partial charge in [-0.1, -0.05) is 65.1 Å². The summed E-state index contributed by atoms with van der Waals surface area (Å²) >= 11 is 25.1. The van der Waals surface area contributed by atoms with Crippen LogP contribution < -0.4 is 16.0 Å². The zero-order chi connectivity index (χ0) is 24.7. The average Bonchev–Trinajstić information content (AvgIpc) is 3.15. The maximum atomic E-state index is 12.6. The number of amides is 1. The molecule has 182 valence electrons. The second-order valence-electron chi connectivity index (χ2n) is 7.46. The van der Waals surface area contributed by atoms with E-state index in [1.54, 1.807) is 13.0 Å². The van der Waals surface area contributed by atoms with Crippen LogP contribution in [0.4, 0.5) is 5.00 Å². The van der Waals surface area contributed by atoms with Gasteiger partial charge in [0.05, 0.1) is 12.2 Å². The average molecular weight is 561 g/mol. The van der Waals surface area contributed by atoms with Crippen molar-refractivity contribution in [3.63, 3.8) is 0 Å². The summed E-state index contributed by atoms with van der Waals surface area (Å²) in [5.41, 5.74) is 2.34. The minimum atomic E-state index is -1.90. The zero-order valence-electron chi connectivity index (χ0n) is 18.3. The van der Waals surface area contributed by atoms with Crippen LogP contribution in [-0.2, 0) is 22.4 Å². The Hall–Kier alpha value is -1.84. The Bertz CT molecular complexity index is 1070. The SMILES string of the molecule is CCOC(=O)c1c(NC(=S)N[C@H](NC(=O)/C=C/c2ccccc2)C(Cl)(Cl)Cl)sc2c1CCCC2. The van der Waals surface area contributed by atoms with Crippen LogP contribution in [0.1, 0.15) is 46.1 Å². The molecule has 11 heteroatoms. The largest absolute Gasteiger partial charge is 0.462 e. The minimum Gasteiger partial charge on any atom is -0.462 e. The molecule has 3 rings (SSSR count). The maximum Gasteiger partial charge on any atom is 0.341 e. The predicted octanol–water partition coefficient (Wildman–Crippen LogP) is 5.62. The Morgan fingerprint density at radius 1 is 1.18 bits per heavy atom. The quantitative estimate of drug-likeness (QED) is 0.134. The molecule has 0 radical (unpaired) electrons. The first kappa shape index (κ1) is 26.8. The van der Waals surface area contributed by atoms with Gasteiger partial charge < -0.3 is 20.7 Å². The molecule has 0 saturated heterocycles. The van der Waals surface area contributed by atoms with Gasteiger partial charge in [-0.15, -0.1) is 11.3 Å². The van der Waals surface area contributed by atoms with E-state index >= 15 is 0 Å². The van der Waals surface area contributed by atoms with E-state index in [9.17, 15) is 9.59 Å². The van der Waals surface area contributed by atoms with Gasteiger partial charge in [0.2, 0.25) is 9.70 Å². The maximum absolute atomic E-state index is 12.6. The minimum absolute atomic E-state index is 0.0906. The number of benzene rings is 1. The van der Waals surface area contributed by atoms with Crippen LogP contribution in [0.15, 0.2) is 36.4 Å². The molecule has 1 heterocycles. The van der Waals surface area contributed by atoms with Gasteiger partial charge in [0.15, 0.2) is 5.11 Å². The molecule has 0 saturated carbocycles. The van der Waals surface area contributed by atoms with E-state index in [4.69, 9.17) is 51.8 Å². The van der Waals surface area contributed by atoms with Crippen molar-refractivity contribution in [3.05, 3.63) is 58.0 Å². The Morgan fingerprint density at radius 2 is 1.88 bits per heavy atom. The van der Waals surface area contributed by atoms with Crippen LogP contribution in [0.3, 0.4) is 0 Å². The fourth-order valence-electron chi connectivity index (χ4n) is 3.47. The fraction of sp³-hybridized carbons (Fsp3) is 0.348. The van der Waals surface area contributed by atoms with Crippen LogP contribution >= 0.6 is 58.4 Å². The van der Waals surface area contributed by atoms with Crippen molar-refractivity contribution in [3.8, 4) is 0 Å². The van der Waals surface area contributed by atoms with Crippen molar-refractivity contribution in [2.24, 2.45) is 0 Å². The third kappa shape index (κ3) is 7.33. The highest BCUT2D eigenvalue weighted by atomic mass is 35.6. The Morgan fingerprint density at radius 3 is 2.56 bits per heavy atom. The molecule has 1 aromatic heterocycles. The lowest BCUT2D eigenvalue weighted by Crippen LogP contribution is -2.55. The number of anilines is 1. The number of halogens is 3. The number of ether oxygens (including phenoxy) is 1. The number of nitrogens with one attached hydrogen (secondary N) is 3. The first-order chi connectivity index (χ1) is 16.2. The van der Waals surface area contributed by atoms with Gasteiger partial charge in [-0.05, 0) is 62.0 Å². The third-order valence-electron chi connectivity index (χ3n) is 4.99. The highest BCUT2D eigenvalue weighted by Gasteiger charge is 2.35. The number of carbonyl (C=O) groups is 2. The molecule has 0 bridgehead atoms. The lowest BCUT2D eigenvalue weighted by molar-refractivity contribution is -0.117. The number of hydrogen-bond acceptors (Lipinski definition) is 5. The molecule has 1 aliphatic rings. The highest BCUT2D eigenvalue weighted by molar-refractivity contribution is 7.80. The third-order valence-corrected chi connectivity index (χ3v) is 7.08. The summed E-state index contributed by atoms with van der Waals surface area (Å²) < 4.78 is 3.36. The molecule has 2 aromatic rings. The molecule has 1 aromatic carbocycles. The normalized spacial score (nSPS) is 14.2. The van der Waals surface area contributed by atoms with Gasteiger partial charge >= 0.3 is 5.97 Å². The van der Waals surface area contributed by atoms with Crippen LogP contribution in [0, 0.1) is 0 Å². The van der Waals surface area contributed by atoms with Crippen molar-refractivity contribution in [1.29, 1.82) is 0 Å². The lowest BCUT2D eigenvalue weighted by atomic mass is 9.95. The first-order valence-corrected chi connectivity index (χ1v) is 13.0. The standard InChI is InChI=1S/C23H24Cl3N3O3S2/c1-2-32-20(31)18-15-10-6-7-11-16(15)34-19(18)28-22(33)29-21(23(24,25)26)27-17(30)13-12-14-8-4-3-5-9-14/h3-5,8-9,12-13,21H,2,6-7,10-11H2,1H3,(H,27,30)(H2,28,29,33)/b13-12+/t21-/m0/s1. The number of aryl methyl sites for hydroxylation is 1. The van der Waals surface area contributed by atoms with Gasteiger partial charge in [-0.3, -0.25) is 4.79 Å². The van der Waals surface area contributed by atoms with E-state index in [0.717, 1.165) is 41.7 Å². The van der Waals surface area contributed by atoms with Gasteiger partial charge in [0, 0.05) is 11.0 Å². The number of rotatable bonds is 7. The molecule has 6 nitrogen and oxygen atoms in total. The molecule has 1 amide bonds. The molecule has 0 aliphatic heterocycles. The molecular weight excluding hydrogens is 537 g/mol. The summed E-state index contributed by atoms with van der Waals surface area (Å²) in [5.74, 6) is -0.876. The molecular formula is C23H24Cl3N3O3S2. The smallest absolute Gasteiger partial charge is 0.341 e. The van der Waals surface area contributed by atoms with E-state index in [0.29, 0.717) is 10.6 Å². The second kappa shape index (κ2) is 12.2. The molecule has 0 unspecified atom stereocenters. The summed E-state index contributed by atoms with van der Waals surface area (Å²) in [7, 11) is 0. The predicted molar refractivity (Wildman–Crippen MR) is 144 cm³/mol. The van der Waals surface area contributed by atoms with E-state index in [2.05, 4.69) is 16.0 Å². The van der Waals surface area contributed by atoms with Gasteiger partial charge in [0.25, 0.3) is 0 Å². The number of carbonyl (C=O) groups excluding carboxylic acids is 2. The van der Waals surface area contributed by atoms with Gasteiger partial charge in [0.1, 0.15) is 11.2 Å². The van der Waals surface area contributed by atoms with E-state index in [1.165, 1.54) is 17.4 Å².